The van der Waals surface area contributed by atoms with Gasteiger partial charge < -0.3 is 4.74 Å². The second kappa shape index (κ2) is 14.6. The first kappa shape index (κ1) is 26.0. The van der Waals surface area contributed by atoms with Crippen LogP contribution >= 0.6 is 22.7 Å². The van der Waals surface area contributed by atoms with Crippen LogP contribution in [-0.2, 0) is 12.8 Å². The number of aryl methyl sites for hydroxylation is 2. The molecule has 1 aromatic carbocycles. The lowest BCUT2D eigenvalue weighted by molar-refractivity contribution is 0.0740. The van der Waals surface area contributed by atoms with Crippen molar-refractivity contribution in [1.29, 1.82) is 0 Å². The maximum absolute atomic E-state index is 12.6. The molecule has 180 valence electrons. The molecular weight excluding hydrogens is 444 g/mol. The van der Waals surface area contributed by atoms with E-state index in [0.717, 1.165) is 12.8 Å². The van der Waals surface area contributed by atoms with Gasteiger partial charge in [-0.15, -0.1) is 22.7 Å². The Morgan fingerprint density at radius 3 is 1.91 bits per heavy atom. The molecule has 33 heavy (non-hydrogen) atoms. The molecule has 0 fully saturated rings. The Balaban J connectivity index is 1.42. The van der Waals surface area contributed by atoms with Crippen LogP contribution in [0.2, 0.25) is 0 Å². The van der Waals surface area contributed by atoms with Gasteiger partial charge in [0.1, 0.15) is 10.6 Å². The van der Waals surface area contributed by atoms with Crippen LogP contribution < -0.4 is 4.74 Å². The molecule has 0 unspecified atom stereocenters. The summed E-state index contributed by atoms with van der Waals surface area (Å²) < 4.78 is 8.06. The van der Waals surface area contributed by atoms with E-state index < -0.39 is 0 Å². The molecule has 0 aliphatic rings. The number of hydrogen-bond acceptors (Lipinski definition) is 4. The first-order valence-corrected chi connectivity index (χ1v) is 14.7. The first-order valence-electron chi connectivity index (χ1n) is 13.0. The Morgan fingerprint density at radius 2 is 1.27 bits per heavy atom. The van der Waals surface area contributed by atoms with Crippen LogP contribution in [-0.4, -0.2) is 5.97 Å². The summed E-state index contributed by atoms with van der Waals surface area (Å²) in [5.41, 5.74) is 1.32. The standard InChI is InChI=1S/C29H40O2S2/c1-3-5-7-9-10-12-14-16-25-21-26-27(32-25)22-28(33-26)29(30)31-24-19-17-23(18-20-24)15-13-11-8-6-4-2/h17-22H,3-16H2,1-2H3. The van der Waals surface area contributed by atoms with Crippen LogP contribution in [0.3, 0.4) is 0 Å². The Bertz CT molecular complexity index is 920. The summed E-state index contributed by atoms with van der Waals surface area (Å²) in [6, 6.07) is 12.3. The number of unbranched alkanes of at least 4 members (excludes halogenated alkanes) is 10. The van der Waals surface area contributed by atoms with E-state index in [1.807, 2.05) is 29.5 Å². The second-order valence-corrected chi connectivity index (χ2v) is 11.4. The lowest BCUT2D eigenvalue weighted by Gasteiger charge is -2.05. The molecule has 0 amide bonds. The average Bonchev–Trinajstić information content (AvgIpc) is 3.38. The second-order valence-electron chi connectivity index (χ2n) is 9.12. The third-order valence-electron chi connectivity index (χ3n) is 6.19. The van der Waals surface area contributed by atoms with Gasteiger partial charge in [0.25, 0.3) is 0 Å². The largest absolute Gasteiger partial charge is 0.422 e. The van der Waals surface area contributed by atoms with Crippen LogP contribution in [0.4, 0.5) is 0 Å². The predicted octanol–water partition coefficient (Wildman–Crippen LogP) is 9.99. The molecule has 0 aliphatic heterocycles. The smallest absolute Gasteiger partial charge is 0.353 e. The first-order chi connectivity index (χ1) is 16.2. The Morgan fingerprint density at radius 1 is 0.697 bits per heavy atom. The number of carbonyl (C=O) groups is 1. The van der Waals surface area contributed by atoms with E-state index in [1.54, 1.807) is 11.3 Å². The number of benzene rings is 1. The van der Waals surface area contributed by atoms with Crippen molar-refractivity contribution < 1.29 is 9.53 Å². The van der Waals surface area contributed by atoms with Gasteiger partial charge >= 0.3 is 5.97 Å². The van der Waals surface area contributed by atoms with Crippen LogP contribution in [0, 0.1) is 0 Å². The van der Waals surface area contributed by atoms with Crippen molar-refractivity contribution in [1.82, 2.24) is 0 Å². The molecule has 4 heteroatoms. The molecule has 3 rings (SSSR count). The van der Waals surface area contributed by atoms with Gasteiger partial charge in [-0.25, -0.2) is 4.79 Å². The molecule has 0 atom stereocenters. The molecule has 3 aromatic rings. The van der Waals surface area contributed by atoms with Gasteiger partial charge in [-0.1, -0.05) is 90.2 Å². The van der Waals surface area contributed by atoms with Gasteiger partial charge in [0.05, 0.1) is 0 Å². The Hall–Kier alpha value is -1.65. The Kier molecular flexibility index (Phi) is 11.5. The van der Waals surface area contributed by atoms with Gasteiger partial charge in [0.15, 0.2) is 0 Å². The maximum atomic E-state index is 12.6. The lowest BCUT2D eigenvalue weighted by atomic mass is 10.1. The molecule has 0 bridgehead atoms. The zero-order valence-electron chi connectivity index (χ0n) is 20.5. The zero-order chi connectivity index (χ0) is 23.3. The molecular formula is C29H40O2S2. The summed E-state index contributed by atoms with van der Waals surface area (Å²) in [5.74, 6) is 0.385. The summed E-state index contributed by atoms with van der Waals surface area (Å²) in [7, 11) is 0. The normalized spacial score (nSPS) is 11.3. The molecule has 0 saturated heterocycles. The summed E-state index contributed by atoms with van der Waals surface area (Å²) in [6.45, 7) is 4.51. The highest BCUT2D eigenvalue weighted by Crippen LogP contribution is 2.34. The number of ether oxygens (including phenoxy) is 1. The highest BCUT2D eigenvalue weighted by molar-refractivity contribution is 7.28. The Labute approximate surface area is 208 Å². The van der Waals surface area contributed by atoms with E-state index >= 15 is 0 Å². The van der Waals surface area contributed by atoms with Gasteiger partial charge in [0.2, 0.25) is 0 Å². The lowest BCUT2D eigenvalue weighted by Crippen LogP contribution is -2.06. The fraction of sp³-hybridized carbons (Fsp3) is 0.552. The molecule has 2 heterocycles. The van der Waals surface area contributed by atoms with E-state index in [4.69, 9.17) is 4.74 Å². The number of rotatable bonds is 16. The summed E-state index contributed by atoms with van der Waals surface area (Å²) in [6.07, 6.45) is 18.1. The molecule has 2 nitrogen and oxygen atoms in total. The van der Waals surface area contributed by atoms with Crippen LogP contribution in [0.5, 0.6) is 5.75 Å². The minimum atomic E-state index is -0.246. The molecule has 0 aliphatic carbocycles. The third-order valence-corrected chi connectivity index (χ3v) is 8.52. The number of carbonyl (C=O) groups excluding carboxylic acids is 1. The van der Waals surface area contributed by atoms with Gasteiger partial charge in [-0.3, -0.25) is 0 Å². The quantitative estimate of drug-likeness (QED) is 0.115. The van der Waals surface area contributed by atoms with E-state index in [0.29, 0.717) is 10.6 Å². The van der Waals surface area contributed by atoms with E-state index in [2.05, 4.69) is 32.0 Å². The highest BCUT2D eigenvalue weighted by atomic mass is 32.1. The van der Waals surface area contributed by atoms with Crippen molar-refractivity contribution in [3.63, 3.8) is 0 Å². The van der Waals surface area contributed by atoms with Crippen molar-refractivity contribution in [2.75, 3.05) is 0 Å². The molecule has 0 spiro atoms. The number of fused-ring (bicyclic) bond motifs is 1. The van der Waals surface area contributed by atoms with Crippen molar-refractivity contribution in [3.8, 4) is 5.75 Å². The number of esters is 1. The summed E-state index contributed by atoms with van der Waals surface area (Å²) in [5, 5.41) is 0. The van der Waals surface area contributed by atoms with Crippen molar-refractivity contribution in [2.24, 2.45) is 0 Å². The van der Waals surface area contributed by atoms with Crippen LogP contribution in [0.15, 0.2) is 36.4 Å². The SMILES string of the molecule is CCCCCCCCCc1cc2sc(C(=O)Oc3ccc(CCCCCCC)cc3)cc2s1. The monoisotopic (exact) mass is 484 g/mol. The van der Waals surface area contributed by atoms with Crippen LogP contribution in [0.25, 0.3) is 9.40 Å². The maximum Gasteiger partial charge on any atom is 0.353 e. The topological polar surface area (TPSA) is 26.3 Å². The van der Waals surface area contributed by atoms with E-state index in [-0.39, 0.29) is 5.97 Å². The summed E-state index contributed by atoms with van der Waals surface area (Å²) >= 11 is 3.39. The molecule has 0 saturated carbocycles. The van der Waals surface area contributed by atoms with Gasteiger partial charge in [-0.2, -0.15) is 0 Å². The van der Waals surface area contributed by atoms with Crippen molar-refractivity contribution in [2.45, 2.75) is 104 Å². The van der Waals surface area contributed by atoms with E-state index in [9.17, 15) is 4.79 Å². The van der Waals surface area contributed by atoms with Crippen molar-refractivity contribution in [3.05, 3.63) is 51.7 Å². The average molecular weight is 485 g/mol. The molecule has 0 radical (unpaired) electrons. The number of thiophene rings is 2. The molecule has 2 aromatic heterocycles. The zero-order valence-corrected chi connectivity index (χ0v) is 22.1. The fourth-order valence-electron chi connectivity index (χ4n) is 4.18. The van der Waals surface area contributed by atoms with Crippen LogP contribution in [0.1, 0.15) is 111 Å². The fourth-order valence-corrected chi connectivity index (χ4v) is 6.52. The number of hydrogen-bond donors (Lipinski definition) is 0. The minimum absolute atomic E-state index is 0.246. The van der Waals surface area contributed by atoms with Crippen molar-refractivity contribution >= 4 is 38.0 Å². The summed E-state index contributed by atoms with van der Waals surface area (Å²) in [4.78, 5) is 14.8. The van der Waals surface area contributed by atoms with Gasteiger partial charge in [0, 0.05) is 14.3 Å². The minimum Gasteiger partial charge on any atom is -0.422 e. The third kappa shape index (κ3) is 8.90. The van der Waals surface area contributed by atoms with E-state index in [1.165, 1.54) is 96.9 Å². The highest BCUT2D eigenvalue weighted by Gasteiger charge is 2.15. The van der Waals surface area contributed by atoms with Gasteiger partial charge in [-0.05, 0) is 55.5 Å². The molecule has 0 N–H and O–H groups in total. The predicted molar refractivity (Wildman–Crippen MR) is 145 cm³/mol.